The zero-order valence-electron chi connectivity index (χ0n) is 9.96. The highest BCUT2D eigenvalue weighted by Gasteiger charge is 1.99. The van der Waals surface area contributed by atoms with Crippen LogP contribution in [0.15, 0.2) is 18.2 Å². The lowest BCUT2D eigenvalue weighted by atomic mass is 10.1. The minimum atomic E-state index is -0.390. The number of hydrogen-bond donors (Lipinski definition) is 2. The fraction of sp³-hybridized carbons (Fsp3) is 0.538. The van der Waals surface area contributed by atoms with Gasteiger partial charge >= 0.3 is 0 Å². The van der Waals surface area contributed by atoms with Crippen molar-refractivity contribution in [1.29, 1.82) is 0 Å². The Morgan fingerprint density at radius 3 is 2.69 bits per heavy atom. The Hall–Kier alpha value is -1.09. The van der Waals surface area contributed by atoms with Crippen LogP contribution in [0.4, 0.5) is 4.39 Å². The maximum absolute atomic E-state index is 12.9. The second-order valence-corrected chi connectivity index (χ2v) is 4.53. The van der Waals surface area contributed by atoms with Gasteiger partial charge < -0.3 is 10.4 Å². The molecular formula is C13H20FNO. The van der Waals surface area contributed by atoms with Crippen LogP contribution >= 0.6 is 0 Å². The number of phenolic OH excluding ortho intramolecular Hbond substituents is 1. The van der Waals surface area contributed by atoms with Crippen LogP contribution < -0.4 is 5.32 Å². The Labute approximate surface area is 96.5 Å². The molecule has 0 radical (unpaired) electrons. The lowest BCUT2D eigenvalue weighted by molar-refractivity contribution is 0.467. The maximum Gasteiger partial charge on any atom is 0.127 e. The molecule has 16 heavy (non-hydrogen) atoms. The molecule has 0 amide bonds. The third-order valence-corrected chi connectivity index (χ3v) is 2.41. The molecule has 0 aromatic heterocycles. The summed E-state index contributed by atoms with van der Waals surface area (Å²) in [6.45, 7) is 5.92. The van der Waals surface area contributed by atoms with Crippen molar-refractivity contribution in [3.8, 4) is 5.75 Å². The normalized spacial score (nSPS) is 11.0. The lowest BCUT2D eigenvalue weighted by Crippen LogP contribution is -2.15. The molecule has 0 saturated carbocycles. The Morgan fingerprint density at radius 2 is 2.06 bits per heavy atom. The Balaban J connectivity index is 2.26. The number of benzene rings is 1. The average Bonchev–Trinajstić information content (AvgIpc) is 2.15. The molecule has 1 aromatic carbocycles. The van der Waals surface area contributed by atoms with E-state index in [1.807, 2.05) is 0 Å². The topological polar surface area (TPSA) is 32.3 Å². The predicted octanol–water partition coefficient (Wildman–Crippen LogP) is 3.06. The van der Waals surface area contributed by atoms with E-state index in [9.17, 15) is 9.50 Å². The molecule has 3 heteroatoms. The zero-order chi connectivity index (χ0) is 12.0. The summed E-state index contributed by atoms with van der Waals surface area (Å²) in [6.07, 6.45) is 2.32. The van der Waals surface area contributed by atoms with Gasteiger partial charge in [-0.25, -0.2) is 4.39 Å². The van der Waals surface area contributed by atoms with E-state index >= 15 is 0 Å². The van der Waals surface area contributed by atoms with Gasteiger partial charge in [0.15, 0.2) is 0 Å². The van der Waals surface area contributed by atoms with E-state index in [0.717, 1.165) is 30.5 Å². The van der Waals surface area contributed by atoms with Gasteiger partial charge in [0.05, 0.1) is 0 Å². The first-order valence-electron chi connectivity index (χ1n) is 5.77. The van der Waals surface area contributed by atoms with Gasteiger partial charge in [-0.05, 0) is 43.0 Å². The molecule has 2 N–H and O–H groups in total. The Kier molecular flexibility index (Phi) is 5.26. The molecule has 0 unspecified atom stereocenters. The number of rotatable bonds is 6. The molecule has 0 spiro atoms. The summed E-state index contributed by atoms with van der Waals surface area (Å²) in [6, 6.07) is 4.13. The second-order valence-electron chi connectivity index (χ2n) is 4.53. The third kappa shape index (κ3) is 5.12. The summed E-state index contributed by atoms with van der Waals surface area (Å²) < 4.78 is 12.9. The fourth-order valence-corrected chi connectivity index (χ4v) is 1.60. The van der Waals surface area contributed by atoms with E-state index in [4.69, 9.17) is 0 Å². The van der Waals surface area contributed by atoms with E-state index in [1.54, 1.807) is 6.07 Å². The van der Waals surface area contributed by atoms with Crippen molar-refractivity contribution < 1.29 is 9.50 Å². The van der Waals surface area contributed by atoms with Crippen molar-refractivity contribution >= 4 is 0 Å². The molecule has 0 aliphatic carbocycles. The van der Waals surface area contributed by atoms with Crippen molar-refractivity contribution in [1.82, 2.24) is 5.32 Å². The third-order valence-electron chi connectivity index (χ3n) is 2.41. The highest BCUT2D eigenvalue weighted by molar-refractivity contribution is 5.28. The first-order valence-corrected chi connectivity index (χ1v) is 5.77. The minimum absolute atomic E-state index is 0.0148. The second kappa shape index (κ2) is 6.48. The van der Waals surface area contributed by atoms with Gasteiger partial charge in [0.2, 0.25) is 0 Å². The SMILES string of the molecule is CC(C)CCCNCc1cc(O)cc(F)c1. The van der Waals surface area contributed by atoms with Crippen molar-refractivity contribution in [3.05, 3.63) is 29.6 Å². The maximum atomic E-state index is 12.9. The van der Waals surface area contributed by atoms with Crippen LogP contribution in [0.2, 0.25) is 0 Å². The van der Waals surface area contributed by atoms with Crippen LogP contribution in [-0.4, -0.2) is 11.7 Å². The minimum Gasteiger partial charge on any atom is -0.508 e. The molecule has 1 aromatic rings. The zero-order valence-corrected chi connectivity index (χ0v) is 9.96. The number of aromatic hydroxyl groups is 1. The quantitative estimate of drug-likeness (QED) is 0.729. The number of hydrogen-bond acceptors (Lipinski definition) is 2. The van der Waals surface area contributed by atoms with Crippen molar-refractivity contribution in [2.75, 3.05) is 6.54 Å². The molecule has 2 nitrogen and oxygen atoms in total. The summed E-state index contributed by atoms with van der Waals surface area (Å²) in [7, 11) is 0. The summed E-state index contributed by atoms with van der Waals surface area (Å²) in [5.74, 6) is 0.318. The van der Waals surface area contributed by atoms with Crippen molar-refractivity contribution in [3.63, 3.8) is 0 Å². The standard InChI is InChI=1S/C13H20FNO/c1-10(2)4-3-5-15-9-11-6-12(14)8-13(16)7-11/h6-8,10,15-16H,3-5,9H2,1-2H3. The number of nitrogens with one attached hydrogen (secondary N) is 1. The van der Waals surface area contributed by atoms with E-state index < -0.39 is 0 Å². The number of phenols is 1. The smallest absolute Gasteiger partial charge is 0.127 e. The summed E-state index contributed by atoms with van der Waals surface area (Å²) in [5, 5.41) is 12.4. The lowest BCUT2D eigenvalue weighted by Gasteiger charge is -2.07. The predicted molar refractivity (Wildman–Crippen MR) is 63.8 cm³/mol. The van der Waals surface area contributed by atoms with Gasteiger partial charge in [0.25, 0.3) is 0 Å². The molecule has 0 atom stereocenters. The molecule has 0 aliphatic rings. The molecular weight excluding hydrogens is 205 g/mol. The van der Waals surface area contributed by atoms with Gasteiger partial charge in [-0.3, -0.25) is 0 Å². The van der Waals surface area contributed by atoms with Crippen LogP contribution in [0, 0.1) is 11.7 Å². The van der Waals surface area contributed by atoms with Gasteiger partial charge in [-0.1, -0.05) is 13.8 Å². The number of halogens is 1. The van der Waals surface area contributed by atoms with E-state index in [1.165, 1.54) is 12.5 Å². The van der Waals surface area contributed by atoms with E-state index in [-0.39, 0.29) is 11.6 Å². The molecule has 90 valence electrons. The van der Waals surface area contributed by atoms with Crippen LogP contribution in [0.1, 0.15) is 32.3 Å². The molecule has 0 aliphatic heterocycles. The summed E-state index contributed by atoms with van der Waals surface area (Å²) >= 11 is 0. The van der Waals surface area contributed by atoms with Crippen LogP contribution in [0.5, 0.6) is 5.75 Å². The van der Waals surface area contributed by atoms with Crippen molar-refractivity contribution in [2.24, 2.45) is 5.92 Å². The van der Waals surface area contributed by atoms with Crippen LogP contribution in [0.3, 0.4) is 0 Å². The largest absolute Gasteiger partial charge is 0.508 e. The van der Waals surface area contributed by atoms with Crippen LogP contribution in [0.25, 0.3) is 0 Å². The average molecular weight is 225 g/mol. The first kappa shape index (κ1) is 13.0. The monoisotopic (exact) mass is 225 g/mol. The summed E-state index contributed by atoms with van der Waals surface area (Å²) in [5.41, 5.74) is 0.780. The summed E-state index contributed by atoms with van der Waals surface area (Å²) in [4.78, 5) is 0. The Bertz CT molecular complexity index is 305. The fourth-order valence-electron chi connectivity index (χ4n) is 1.60. The molecule has 0 bridgehead atoms. The highest BCUT2D eigenvalue weighted by atomic mass is 19.1. The molecule has 1 rings (SSSR count). The van der Waals surface area contributed by atoms with Gasteiger partial charge in [-0.15, -0.1) is 0 Å². The molecule has 0 saturated heterocycles. The van der Waals surface area contributed by atoms with Gasteiger partial charge in [0, 0.05) is 12.6 Å². The van der Waals surface area contributed by atoms with E-state index in [0.29, 0.717) is 6.54 Å². The van der Waals surface area contributed by atoms with Gasteiger partial charge in [0.1, 0.15) is 11.6 Å². The molecule has 0 heterocycles. The molecule has 0 fully saturated rings. The first-order chi connectivity index (χ1) is 7.58. The van der Waals surface area contributed by atoms with E-state index in [2.05, 4.69) is 19.2 Å². The van der Waals surface area contributed by atoms with Gasteiger partial charge in [-0.2, -0.15) is 0 Å². The highest BCUT2D eigenvalue weighted by Crippen LogP contribution is 2.14. The van der Waals surface area contributed by atoms with Crippen LogP contribution in [-0.2, 0) is 6.54 Å². The Morgan fingerprint density at radius 1 is 1.31 bits per heavy atom. The van der Waals surface area contributed by atoms with Crippen molar-refractivity contribution in [2.45, 2.75) is 33.2 Å².